The number of rotatable bonds is 6. The summed E-state index contributed by atoms with van der Waals surface area (Å²) in [4.78, 5) is 26.8. The average Bonchev–Trinajstić information content (AvgIpc) is 3.09. The Balaban J connectivity index is 1.78. The van der Waals surface area contributed by atoms with Gasteiger partial charge in [0.15, 0.2) is 0 Å². The monoisotopic (exact) mass is 540 g/mol. The van der Waals surface area contributed by atoms with Crippen LogP contribution in [0.5, 0.6) is 0 Å². The zero-order valence-corrected chi connectivity index (χ0v) is 20.4. The van der Waals surface area contributed by atoms with E-state index in [4.69, 9.17) is 34.8 Å². The van der Waals surface area contributed by atoms with Gasteiger partial charge in [0.25, 0.3) is 5.91 Å². The van der Waals surface area contributed by atoms with Gasteiger partial charge in [-0.1, -0.05) is 46.9 Å². The number of hydrogen-bond acceptors (Lipinski definition) is 4. The van der Waals surface area contributed by atoms with Crippen LogP contribution in [0, 0.1) is 5.82 Å². The van der Waals surface area contributed by atoms with E-state index < -0.39 is 33.7 Å². The first-order valence-electron chi connectivity index (χ1n) is 9.91. The minimum atomic E-state index is -4.41. The molecule has 1 fully saturated rings. The van der Waals surface area contributed by atoms with Gasteiger partial charge in [-0.2, -0.15) is 4.31 Å². The zero-order chi connectivity index (χ0) is 24.6. The molecule has 0 bridgehead atoms. The van der Waals surface area contributed by atoms with Crippen LogP contribution >= 0.6 is 34.8 Å². The predicted molar refractivity (Wildman–Crippen MR) is 128 cm³/mol. The standard InChI is InChI=1S/C23H16Cl3FN2O4S/c24-15-3-8-18(9-4-15)29-22(30)12-20(23(29)31)28(13-14-1-6-17(27)7-2-14)34(32,33)21-11-16(25)5-10-19(21)26/h1-11,20H,12-13H2. The number of carbonyl (C=O) groups excluding carboxylic acids is 2. The smallest absolute Gasteiger partial charge is 0.252 e. The SMILES string of the molecule is O=C1CC(N(Cc2ccc(F)cc2)S(=O)(=O)c2cc(Cl)ccc2Cl)C(=O)N1c1ccc(Cl)cc1. The maximum Gasteiger partial charge on any atom is 0.252 e. The molecule has 1 aliphatic heterocycles. The highest BCUT2D eigenvalue weighted by atomic mass is 35.5. The van der Waals surface area contributed by atoms with E-state index >= 15 is 0 Å². The van der Waals surface area contributed by atoms with Crippen molar-refractivity contribution in [2.75, 3.05) is 4.90 Å². The van der Waals surface area contributed by atoms with Crippen LogP contribution < -0.4 is 4.90 Å². The van der Waals surface area contributed by atoms with Gasteiger partial charge in [-0.05, 0) is 60.2 Å². The molecule has 1 atom stereocenters. The molecule has 1 saturated heterocycles. The highest BCUT2D eigenvalue weighted by Gasteiger charge is 2.47. The van der Waals surface area contributed by atoms with E-state index in [0.717, 1.165) is 9.21 Å². The van der Waals surface area contributed by atoms with Crippen molar-refractivity contribution in [3.05, 3.63) is 93.2 Å². The molecule has 6 nitrogen and oxygen atoms in total. The fraction of sp³-hybridized carbons (Fsp3) is 0.130. The van der Waals surface area contributed by atoms with E-state index in [1.807, 2.05) is 0 Å². The maximum atomic E-state index is 13.7. The quantitative estimate of drug-likeness (QED) is 0.397. The summed E-state index contributed by atoms with van der Waals surface area (Å²) in [7, 11) is -4.41. The van der Waals surface area contributed by atoms with Crippen LogP contribution in [-0.2, 0) is 26.2 Å². The highest BCUT2D eigenvalue weighted by Crippen LogP contribution is 2.34. The van der Waals surface area contributed by atoms with Crippen LogP contribution in [0.1, 0.15) is 12.0 Å². The second-order valence-electron chi connectivity index (χ2n) is 7.52. The van der Waals surface area contributed by atoms with E-state index in [2.05, 4.69) is 0 Å². The summed E-state index contributed by atoms with van der Waals surface area (Å²) in [6.45, 7) is -0.302. The van der Waals surface area contributed by atoms with Gasteiger partial charge in [-0.3, -0.25) is 9.59 Å². The zero-order valence-electron chi connectivity index (χ0n) is 17.3. The Labute approximate surface area is 210 Å². The average molecular weight is 542 g/mol. The minimum absolute atomic E-state index is 0.0974. The largest absolute Gasteiger partial charge is 0.274 e. The summed E-state index contributed by atoms with van der Waals surface area (Å²) in [5.41, 5.74) is 0.676. The van der Waals surface area contributed by atoms with E-state index in [0.29, 0.717) is 10.6 Å². The van der Waals surface area contributed by atoms with E-state index in [1.54, 1.807) is 0 Å². The number of nitrogens with zero attached hydrogens (tertiary/aromatic N) is 2. The molecule has 3 aromatic carbocycles. The normalized spacial score (nSPS) is 16.5. The lowest BCUT2D eigenvalue weighted by Gasteiger charge is -2.27. The van der Waals surface area contributed by atoms with Crippen LogP contribution in [0.3, 0.4) is 0 Å². The van der Waals surface area contributed by atoms with Crippen LogP contribution in [0.4, 0.5) is 10.1 Å². The molecule has 0 saturated carbocycles. The third kappa shape index (κ3) is 4.82. The van der Waals surface area contributed by atoms with Gasteiger partial charge in [0.05, 0.1) is 17.1 Å². The number of imide groups is 1. The van der Waals surface area contributed by atoms with Crippen LogP contribution in [-0.4, -0.2) is 30.6 Å². The Morgan fingerprint density at radius 1 is 0.912 bits per heavy atom. The van der Waals surface area contributed by atoms with Gasteiger partial charge in [0, 0.05) is 16.6 Å². The molecular weight excluding hydrogens is 526 g/mol. The topological polar surface area (TPSA) is 74.8 Å². The Morgan fingerprint density at radius 3 is 2.18 bits per heavy atom. The van der Waals surface area contributed by atoms with Gasteiger partial charge < -0.3 is 0 Å². The molecule has 1 heterocycles. The highest BCUT2D eigenvalue weighted by molar-refractivity contribution is 7.89. The predicted octanol–water partition coefficient (Wildman–Crippen LogP) is 5.31. The molecule has 2 amide bonds. The van der Waals surface area contributed by atoms with Crippen molar-refractivity contribution in [2.24, 2.45) is 0 Å². The van der Waals surface area contributed by atoms with Crippen molar-refractivity contribution in [2.45, 2.75) is 23.9 Å². The fourth-order valence-electron chi connectivity index (χ4n) is 3.64. The Kier molecular flexibility index (Phi) is 6.98. The molecule has 1 aliphatic rings. The molecule has 4 rings (SSSR count). The number of carbonyl (C=O) groups is 2. The minimum Gasteiger partial charge on any atom is -0.274 e. The van der Waals surface area contributed by atoms with E-state index in [-0.39, 0.29) is 33.6 Å². The van der Waals surface area contributed by atoms with Gasteiger partial charge in [-0.25, -0.2) is 17.7 Å². The Bertz CT molecular complexity index is 1370. The van der Waals surface area contributed by atoms with Crippen LogP contribution in [0.2, 0.25) is 15.1 Å². The summed E-state index contributed by atoms with van der Waals surface area (Å²) in [6.07, 6.45) is -0.389. The summed E-state index contributed by atoms with van der Waals surface area (Å²) in [5.74, 6) is -1.80. The maximum absolute atomic E-state index is 13.7. The lowest BCUT2D eigenvalue weighted by molar-refractivity contribution is -0.122. The number of halogens is 4. The Hall–Kier alpha value is -2.49. The van der Waals surface area contributed by atoms with Crippen molar-refractivity contribution in [1.82, 2.24) is 4.31 Å². The molecule has 0 aliphatic carbocycles. The van der Waals surface area contributed by atoms with Gasteiger partial charge in [-0.15, -0.1) is 0 Å². The second kappa shape index (κ2) is 9.64. The number of benzene rings is 3. The first-order valence-corrected chi connectivity index (χ1v) is 12.5. The number of anilines is 1. The summed E-state index contributed by atoms with van der Waals surface area (Å²) in [5, 5.41) is 0.441. The lowest BCUT2D eigenvalue weighted by atomic mass is 10.2. The molecule has 11 heteroatoms. The number of sulfonamides is 1. The molecule has 0 aromatic heterocycles. The molecule has 0 radical (unpaired) electrons. The lowest BCUT2D eigenvalue weighted by Crippen LogP contribution is -2.45. The molecule has 1 unspecified atom stereocenters. The second-order valence-corrected chi connectivity index (χ2v) is 10.7. The van der Waals surface area contributed by atoms with Gasteiger partial charge in [0.1, 0.15) is 16.8 Å². The van der Waals surface area contributed by atoms with Crippen molar-refractivity contribution in [3.63, 3.8) is 0 Å². The van der Waals surface area contributed by atoms with Gasteiger partial charge >= 0.3 is 0 Å². The number of hydrogen-bond donors (Lipinski definition) is 0. The molecule has 34 heavy (non-hydrogen) atoms. The van der Waals surface area contributed by atoms with Gasteiger partial charge in [0.2, 0.25) is 15.9 Å². The molecule has 3 aromatic rings. The van der Waals surface area contributed by atoms with Crippen molar-refractivity contribution >= 4 is 62.3 Å². The molecule has 0 N–H and O–H groups in total. The Morgan fingerprint density at radius 2 is 1.53 bits per heavy atom. The van der Waals surface area contributed by atoms with E-state index in [9.17, 15) is 22.4 Å². The van der Waals surface area contributed by atoms with Crippen molar-refractivity contribution < 1.29 is 22.4 Å². The van der Waals surface area contributed by atoms with E-state index in [1.165, 1.54) is 66.7 Å². The summed E-state index contributed by atoms with van der Waals surface area (Å²) in [6, 6.07) is 13.7. The van der Waals surface area contributed by atoms with Crippen LogP contribution in [0.25, 0.3) is 0 Å². The van der Waals surface area contributed by atoms with Crippen LogP contribution in [0.15, 0.2) is 71.6 Å². The molecular formula is C23H16Cl3FN2O4S. The summed E-state index contributed by atoms with van der Waals surface area (Å²) >= 11 is 18.1. The summed E-state index contributed by atoms with van der Waals surface area (Å²) < 4.78 is 41.7. The third-order valence-electron chi connectivity index (χ3n) is 5.29. The fourth-order valence-corrected chi connectivity index (χ4v) is 6.07. The molecule has 176 valence electrons. The first kappa shape index (κ1) is 24.6. The van der Waals surface area contributed by atoms with Crippen molar-refractivity contribution in [3.8, 4) is 0 Å². The number of amides is 2. The first-order chi connectivity index (χ1) is 16.1. The molecule has 0 spiro atoms. The third-order valence-corrected chi connectivity index (χ3v) is 8.11. The van der Waals surface area contributed by atoms with Crippen molar-refractivity contribution in [1.29, 1.82) is 0 Å².